The molecule has 2 aromatic carbocycles. The van der Waals surface area contributed by atoms with E-state index in [2.05, 4.69) is 5.32 Å². The highest BCUT2D eigenvalue weighted by atomic mass is 19.1. The third-order valence-electron chi connectivity index (χ3n) is 3.66. The van der Waals surface area contributed by atoms with Crippen molar-refractivity contribution in [2.24, 2.45) is 0 Å². The molecule has 1 heterocycles. The minimum Gasteiger partial charge on any atom is -0.378 e. The Morgan fingerprint density at radius 1 is 1.00 bits per heavy atom. The number of rotatable bonds is 3. The molecule has 0 saturated carbocycles. The zero-order chi connectivity index (χ0) is 16.2. The van der Waals surface area contributed by atoms with Crippen molar-refractivity contribution in [2.45, 2.75) is 0 Å². The van der Waals surface area contributed by atoms with Gasteiger partial charge in [-0.25, -0.2) is 8.78 Å². The van der Waals surface area contributed by atoms with Crippen LogP contribution in [0.3, 0.4) is 0 Å². The number of nitrogens with zero attached hydrogens (tertiary/aromatic N) is 1. The number of morpholine rings is 1. The van der Waals surface area contributed by atoms with Gasteiger partial charge in [-0.15, -0.1) is 0 Å². The number of amides is 1. The summed E-state index contributed by atoms with van der Waals surface area (Å²) in [7, 11) is 0. The Hall–Kier alpha value is -2.47. The van der Waals surface area contributed by atoms with Crippen molar-refractivity contribution in [1.29, 1.82) is 0 Å². The molecule has 0 bridgehead atoms. The van der Waals surface area contributed by atoms with E-state index in [1.807, 2.05) is 4.90 Å². The number of anilines is 2. The molecule has 23 heavy (non-hydrogen) atoms. The van der Waals surface area contributed by atoms with Crippen molar-refractivity contribution < 1.29 is 18.3 Å². The Bertz CT molecular complexity index is 698. The molecule has 0 atom stereocenters. The predicted octanol–water partition coefficient (Wildman–Crippen LogP) is 3.05. The quantitative estimate of drug-likeness (QED) is 0.946. The molecular weight excluding hydrogens is 302 g/mol. The van der Waals surface area contributed by atoms with Crippen LogP contribution in [-0.4, -0.2) is 32.2 Å². The summed E-state index contributed by atoms with van der Waals surface area (Å²) in [5, 5.41) is 2.66. The summed E-state index contributed by atoms with van der Waals surface area (Å²) < 4.78 is 31.8. The Labute approximate surface area is 132 Å². The highest BCUT2D eigenvalue weighted by molar-refractivity contribution is 6.08. The number of nitrogens with one attached hydrogen (secondary N) is 1. The van der Waals surface area contributed by atoms with Gasteiger partial charge in [-0.05, 0) is 42.5 Å². The number of carbonyl (C=O) groups is 1. The normalized spacial score (nSPS) is 14.6. The van der Waals surface area contributed by atoms with Gasteiger partial charge >= 0.3 is 0 Å². The van der Waals surface area contributed by atoms with E-state index < -0.39 is 11.7 Å². The van der Waals surface area contributed by atoms with E-state index in [-0.39, 0.29) is 11.4 Å². The highest BCUT2D eigenvalue weighted by Gasteiger charge is 2.19. The first-order chi connectivity index (χ1) is 11.1. The topological polar surface area (TPSA) is 41.6 Å². The molecule has 4 nitrogen and oxygen atoms in total. The number of halogens is 2. The van der Waals surface area contributed by atoms with E-state index in [4.69, 9.17) is 4.74 Å². The SMILES string of the molecule is O=C(Nc1ccc(F)cc1)c1cc(F)ccc1N1CCOCC1. The Balaban J connectivity index is 1.86. The van der Waals surface area contributed by atoms with Gasteiger partial charge in [-0.2, -0.15) is 0 Å². The number of benzene rings is 2. The molecule has 0 radical (unpaired) electrons. The summed E-state index contributed by atoms with van der Waals surface area (Å²) in [6.45, 7) is 2.41. The fourth-order valence-corrected chi connectivity index (χ4v) is 2.50. The van der Waals surface area contributed by atoms with E-state index in [1.54, 1.807) is 6.07 Å². The monoisotopic (exact) mass is 318 g/mol. The summed E-state index contributed by atoms with van der Waals surface area (Å²) in [6, 6.07) is 9.57. The molecule has 1 saturated heterocycles. The average Bonchev–Trinajstić information content (AvgIpc) is 2.57. The fraction of sp³-hybridized carbons (Fsp3) is 0.235. The lowest BCUT2D eigenvalue weighted by atomic mass is 10.1. The van der Waals surface area contributed by atoms with Gasteiger partial charge in [0.2, 0.25) is 0 Å². The van der Waals surface area contributed by atoms with Gasteiger partial charge in [0, 0.05) is 24.5 Å². The smallest absolute Gasteiger partial charge is 0.257 e. The van der Waals surface area contributed by atoms with Crippen LogP contribution in [0.1, 0.15) is 10.4 Å². The van der Waals surface area contributed by atoms with Crippen LogP contribution in [0.2, 0.25) is 0 Å². The first kappa shape index (κ1) is 15.4. The van der Waals surface area contributed by atoms with Crippen LogP contribution in [0.15, 0.2) is 42.5 Å². The Morgan fingerprint density at radius 3 is 2.35 bits per heavy atom. The largest absolute Gasteiger partial charge is 0.378 e. The molecule has 120 valence electrons. The molecular formula is C17H16F2N2O2. The summed E-state index contributed by atoms with van der Waals surface area (Å²) in [5.74, 6) is -1.30. The van der Waals surface area contributed by atoms with Crippen molar-refractivity contribution in [3.8, 4) is 0 Å². The maximum Gasteiger partial charge on any atom is 0.257 e. The third-order valence-corrected chi connectivity index (χ3v) is 3.66. The molecule has 1 fully saturated rings. The molecule has 1 aliphatic heterocycles. The number of hydrogen-bond donors (Lipinski definition) is 1. The van der Waals surface area contributed by atoms with Crippen molar-refractivity contribution in [3.63, 3.8) is 0 Å². The predicted molar refractivity (Wildman–Crippen MR) is 83.8 cm³/mol. The second-order valence-electron chi connectivity index (χ2n) is 5.22. The molecule has 3 rings (SSSR count). The van der Waals surface area contributed by atoms with E-state index in [1.165, 1.54) is 36.4 Å². The lowest BCUT2D eigenvalue weighted by Gasteiger charge is -2.30. The van der Waals surface area contributed by atoms with E-state index in [0.717, 1.165) is 0 Å². The standard InChI is InChI=1S/C17H16F2N2O2/c18-12-1-4-14(5-2-12)20-17(22)15-11-13(19)3-6-16(15)21-7-9-23-10-8-21/h1-6,11H,7-10H2,(H,20,22). The number of ether oxygens (including phenoxy) is 1. The van der Waals surface area contributed by atoms with Crippen molar-refractivity contribution in [3.05, 3.63) is 59.7 Å². The van der Waals surface area contributed by atoms with Crippen LogP contribution >= 0.6 is 0 Å². The van der Waals surface area contributed by atoms with Crippen LogP contribution < -0.4 is 10.2 Å². The number of carbonyl (C=O) groups excluding carboxylic acids is 1. The molecule has 0 aliphatic carbocycles. The fourth-order valence-electron chi connectivity index (χ4n) is 2.50. The third kappa shape index (κ3) is 3.65. The maximum atomic E-state index is 13.6. The zero-order valence-electron chi connectivity index (χ0n) is 12.4. The summed E-state index contributed by atoms with van der Waals surface area (Å²) >= 11 is 0. The van der Waals surface area contributed by atoms with Crippen LogP contribution in [0.25, 0.3) is 0 Å². The number of hydrogen-bond acceptors (Lipinski definition) is 3. The highest BCUT2D eigenvalue weighted by Crippen LogP contribution is 2.24. The summed E-state index contributed by atoms with van der Waals surface area (Å²) in [4.78, 5) is 14.5. The first-order valence-electron chi connectivity index (χ1n) is 7.32. The lowest BCUT2D eigenvalue weighted by Crippen LogP contribution is -2.37. The molecule has 0 spiro atoms. The van der Waals surface area contributed by atoms with Crippen molar-refractivity contribution >= 4 is 17.3 Å². The maximum absolute atomic E-state index is 13.6. The van der Waals surface area contributed by atoms with Crippen LogP contribution in [0.4, 0.5) is 20.2 Å². The van der Waals surface area contributed by atoms with Gasteiger partial charge in [0.25, 0.3) is 5.91 Å². The van der Waals surface area contributed by atoms with Crippen LogP contribution in [-0.2, 0) is 4.74 Å². The average molecular weight is 318 g/mol. The minimum absolute atomic E-state index is 0.247. The van der Waals surface area contributed by atoms with Crippen molar-refractivity contribution in [1.82, 2.24) is 0 Å². The van der Waals surface area contributed by atoms with Crippen molar-refractivity contribution in [2.75, 3.05) is 36.5 Å². The summed E-state index contributed by atoms with van der Waals surface area (Å²) in [6.07, 6.45) is 0. The van der Waals surface area contributed by atoms with Gasteiger partial charge in [0.1, 0.15) is 11.6 Å². The van der Waals surface area contributed by atoms with Gasteiger partial charge in [0.05, 0.1) is 18.8 Å². The first-order valence-corrected chi connectivity index (χ1v) is 7.32. The van der Waals surface area contributed by atoms with E-state index in [9.17, 15) is 13.6 Å². The molecule has 2 aromatic rings. The van der Waals surface area contributed by atoms with E-state index >= 15 is 0 Å². The van der Waals surface area contributed by atoms with Crippen LogP contribution in [0.5, 0.6) is 0 Å². The Kier molecular flexibility index (Phi) is 4.52. The molecule has 1 aliphatic rings. The molecule has 0 aromatic heterocycles. The van der Waals surface area contributed by atoms with E-state index in [0.29, 0.717) is 37.7 Å². The van der Waals surface area contributed by atoms with Crippen LogP contribution in [0, 0.1) is 11.6 Å². The molecule has 1 amide bonds. The minimum atomic E-state index is -0.480. The second kappa shape index (κ2) is 6.75. The van der Waals surface area contributed by atoms with Gasteiger partial charge < -0.3 is 15.0 Å². The van der Waals surface area contributed by atoms with Gasteiger partial charge in [-0.3, -0.25) is 4.79 Å². The molecule has 0 unspecified atom stereocenters. The molecule has 1 N–H and O–H groups in total. The van der Waals surface area contributed by atoms with Gasteiger partial charge in [-0.1, -0.05) is 0 Å². The zero-order valence-corrected chi connectivity index (χ0v) is 12.4. The second-order valence-corrected chi connectivity index (χ2v) is 5.22. The molecule has 6 heteroatoms. The summed E-state index contributed by atoms with van der Waals surface area (Å²) in [5.41, 5.74) is 1.36. The lowest BCUT2D eigenvalue weighted by molar-refractivity contribution is 0.102. The van der Waals surface area contributed by atoms with Gasteiger partial charge in [0.15, 0.2) is 0 Å². The Morgan fingerprint density at radius 2 is 1.65 bits per heavy atom.